The highest BCUT2D eigenvalue weighted by molar-refractivity contribution is 6.70. The summed E-state index contributed by atoms with van der Waals surface area (Å²) in [5, 5.41) is 3.07. The Morgan fingerprint density at radius 1 is 0.404 bits per heavy atom. The first-order valence-electron chi connectivity index (χ1n) is 16.5. The summed E-state index contributed by atoms with van der Waals surface area (Å²) >= 11 is 0. The molecule has 0 unspecified atom stereocenters. The van der Waals surface area contributed by atoms with Gasteiger partial charge in [-0.3, -0.25) is 4.57 Å². The molecule has 20 radical (unpaired) electrons. The molecular formula is C40H18B10N2. The Labute approximate surface area is 316 Å². The van der Waals surface area contributed by atoms with Crippen LogP contribution in [-0.4, -0.2) is 88.0 Å². The second-order valence-corrected chi connectivity index (χ2v) is 13.0. The maximum Gasteiger partial charge on any atom is 0.113 e. The fourth-order valence-electron chi connectivity index (χ4n) is 7.43. The lowest BCUT2D eigenvalue weighted by atomic mass is 9.58. The third-order valence-electron chi connectivity index (χ3n) is 10.1. The van der Waals surface area contributed by atoms with E-state index in [-0.39, 0.29) is 54.6 Å². The summed E-state index contributed by atoms with van der Waals surface area (Å²) in [5.41, 5.74) is 8.73. The second-order valence-electron chi connectivity index (χ2n) is 13.0. The summed E-state index contributed by atoms with van der Waals surface area (Å²) in [5.74, 6) is 0.872. The molecule has 1 aromatic heterocycles. The van der Waals surface area contributed by atoms with Crippen LogP contribution in [0, 0.1) is 6.92 Å². The standard InChI is InChI=1S/C40H18B10N2/c1-17-51-25-11-4-5-12-26(25)52(17)20-8-6-7-18(15-20)19-13-14-23-24(16-19)28(30-33(43)37(47)40(50)38(48)34(30)44)22-10-3-2-9-21(22)27(23)29-31(41)35(45)39(49)36(46)32(29)42/h2-16H,1H3. The molecule has 0 bridgehead atoms. The Balaban J connectivity index is 1.51. The molecule has 0 amide bonds. The van der Waals surface area contributed by atoms with Gasteiger partial charge in [-0.1, -0.05) is 82.5 Å². The summed E-state index contributed by atoms with van der Waals surface area (Å²) in [7, 11) is 65.2. The van der Waals surface area contributed by atoms with Gasteiger partial charge in [0.25, 0.3) is 0 Å². The van der Waals surface area contributed by atoms with Crippen LogP contribution in [0.25, 0.3) is 71.6 Å². The van der Waals surface area contributed by atoms with Crippen molar-refractivity contribution in [1.82, 2.24) is 9.55 Å². The van der Waals surface area contributed by atoms with Crippen molar-refractivity contribution >= 4 is 166 Å². The van der Waals surface area contributed by atoms with Crippen molar-refractivity contribution in [2.75, 3.05) is 0 Å². The zero-order valence-corrected chi connectivity index (χ0v) is 28.3. The topological polar surface area (TPSA) is 17.8 Å². The quantitative estimate of drug-likeness (QED) is 0.172. The van der Waals surface area contributed by atoms with E-state index in [2.05, 4.69) is 34.9 Å². The van der Waals surface area contributed by atoms with E-state index in [0.29, 0.717) is 22.3 Å². The molecule has 8 aromatic rings. The number of aryl methyl sites for hydroxylation is 1. The fraction of sp³-hybridized carbons (Fsp3) is 0.0250. The first-order valence-corrected chi connectivity index (χ1v) is 16.5. The normalized spacial score (nSPS) is 11.6. The smallest absolute Gasteiger partial charge is 0.113 e. The van der Waals surface area contributed by atoms with Gasteiger partial charge in [-0.2, -0.15) is 0 Å². The SMILES string of the molecule is [B]c1c([B])c([B])c(-c2c3ccccc3c(-c3c([B])c([B])c([B])c([B])c3[B])c3cc(-c4cccc(-n5c(C)nc6ccccc65)c4)ccc23)c([B])c1[B]. The minimum atomic E-state index is 0.122. The molecule has 12 heteroatoms. The fourth-order valence-corrected chi connectivity index (χ4v) is 7.43. The molecule has 0 aliphatic carbocycles. The van der Waals surface area contributed by atoms with Crippen LogP contribution in [0.3, 0.4) is 0 Å². The molecule has 0 aliphatic rings. The largest absolute Gasteiger partial charge is 0.297 e. The third kappa shape index (κ3) is 5.05. The Morgan fingerprint density at radius 2 is 0.865 bits per heavy atom. The molecule has 0 saturated heterocycles. The van der Waals surface area contributed by atoms with Crippen LogP contribution in [0.4, 0.5) is 0 Å². The predicted molar refractivity (Wildman–Crippen MR) is 231 cm³/mol. The van der Waals surface area contributed by atoms with Crippen LogP contribution >= 0.6 is 0 Å². The van der Waals surface area contributed by atoms with Crippen molar-refractivity contribution in [2.24, 2.45) is 0 Å². The van der Waals surface area contributed by atoms with Crippen LogP contribution in [-0.2, 0) is 0 Å². The van der Waals surface area contributed by atoms with E-state index in [9.17, 15) is 0 Å². The van der Waals surface area contributed by atoms with Gasteiger partial charge in [-0.15, -0.1) is 32.8 Å². The highest BCUT2D eigenvalue weighted by atomic mass is 15.1. The van der Waals surface area contributed by atoms with Crippen molar-refractivity contribution in [1.29, 1.82) is 0 Å². The first-order chi connectivity index (χ1) is 24.9. The number of imidazole rings is 1. The van der Waals surface area contributed by atoms with Crippen molar-refractivity contribution in [2.45, 2.75) is 6.92 Å². The van der Waals surface area contributed by atoms with Crippen molar-refractivity contribution in [3.8, 4) is 39.1 Å². The summed E-state index contributed by atoms with van der Waals surface area (Å²) in [6.45, 7) is 1.99. The molecule has 218 valence electrons. The Kier molecular flexibility index (Phi) is 8.37. The average molecular weight is 635 g/mol. The Morgan fingerprint density at radius 3 is 1.44 bits per heavy atom. The minimum Gasteiger partial charge on any atom is -0.297 e. The number of nitrogens with zero attached hydrogens (tertiary/aromatic N) is 2. The number of benzene rings is 7. The molecule has 0 N–H and O–H groups in total. The summed E-state index contributed by atoms with van der Waals surface area (Å²) in [6.07, 6.45) is 0. The van der Waals surface area contributed by atoms with Crippen LogP contribution in [0.1, 0.15) is 5.82 Å². The van der Waals surface area contributed by atoms with E-state index >= 15 is 0 Å². The summed E-state index contributed by atoms with van der Waals surface area (Å²) in [6, 6.07) is 30.2. The number of rotatable bonds is 4. The molecule has 8 rings (SSSR count). The number of para-hydroxylation sites is 2. The van der Waals surface area contributed by atoms with Gasteiger partial charge in [0.2, 0.25) is 0 Å². The predicted octanol–water partition coefficient (Wildman–Crippen LogP) is -1.42. The lowest BCUT2D eigenvalue weighted by molar-refractivity contribution is 1.00. The van der Waals surface area contributed by atoms with E-state index in [1.807, 2.05) is 67.6 Å². The first kappa shape index (κ1) is 34.3. The van der Waals surface area contributed by atoms with Crippen molar-refractivity contribution in [3.05, 3.63) is 96.8 Å². The van der Waals surface area contributed by atoms with Crippen LogP contribution in [0.15, 0.2) is 91.0 Å². The van der Waals surface area contributed by atoms with Gasteiger partial charge in [0.15, 0.2) is 0 Å². The number of hydrogen-bond donors (Lipinski definition) is 0. The summed E-state index contributed by atoms with van der Waals surface area (Å²) < 4.78 is 2.14. The molecule has 2 nitrogen and oxygen atoms in total. The molecule has 0 aliphatic heterocycles. The number of aromatic nitrogens is 2. The lowest BCUT2D eigenvalue weighted by Gasteiger charge is -2.27. The van der Waals surface area contributed by atoms with Gasteiger partial charge in [0.05, 0.1) is 11.0 Å². The third-order valence-corrected chi connectivity index (χ3v) is 10.1. The highest BCUT2D eigenvalue weighted by Crippen LogP contribution is 2.43. The van der Waals surface area contributed by atoms with Gasteiger partial charge in [0, 0.05) is 5.69 Å². The molecule has 0 spiro atoms. The van der Waals surface area contributed by atoms with Crippen molar-refractivity contribution < 1.29 is 0 Å². The summed E-state index contributed by atoms with van der Waals surface area (Å²) in [4.78, 5) is 4.78. The molecule has 52 heavy (non-hydrogen) atoms. The van der Waals surface area contributed by atoms with E-state index in [0.717, 1.165) is 55.2 Å². The molecule has 0 fully saturated rings. The van der Waals surface area contributed by atoms with E-state index < -0.39 is 0 Å². The van der Waals surface area contributed by atoms with Crippen LogP contribution in [0.2, 0.25) is 0 Å². The van der Waals surface area contributed by atoms with Gasteiger partial charge in [-0.25, -0.2) is 4.98 Å². The lowest BCUT2D eigenvalue weighted by Crippen LogP contribution is -2.55. The Hall–Kier alpha value is -4.82. The van der Waals surface area contributed by atoms with E-state index in [1.54, 1.807) is 0 Å². The Bertz CT molecular complexity index is 2770. The van der Waals surface area contributed by atoms with Crippen LogP contribution in [0.5, 0.6) is 0 Å². The highest BCUT2D eigenvalue weighted by Gasteiger charge is 2.23. The van der Waals surface area contributed by atoms with E-state index in [1.165, 1.54) is 0 Å². The molecule has 7 aromatic carbocycles. The molecule has 0 saturated carbocycles. The zero-order valence-electron chi connectivity index (χ0n) is 28.3. The molecular weight excluding hydrogens is 617 g/mol. The van der Waals surface area contributed by atoms with Crippen molar-refractivity contribution in [3.63, 3.8) is 0 Å². The number of fused-ring (bicyclic) bond motifs is 3. The average Bonchev–Trinajstić information content (AvgIpc) is 3.50. The van der Waals surface area contributed by atoms with Gasteiger partial charge in [0.1, 0.15) is 84.3 Å². The maximum atomic E-state index is 6.77. The monoisotopic (exact) mass is 636 g/mol. The van der Waals surface area contributed by atoms with E-state index in [4.69, 9.17) is 83.4 Å². The van der Waals surface area contributed by atoms with Gasteiger partial charge >= 0.3 is 0 Å². The molecule has 0 atom stereocenters. The number of hydrogen-bond acceptors (Lipinski definition) is 1. The second kappa shape index (κ2) is 12.7. The maximum absolute atomic E-state index is 6.77. The molecule has 1 heterocycles. The van der Waals surface area contributed by atoms with Gasteiger partial charge < -0.3 is 0 Å². The van der Waals surface area contributed by atoms with Gasteiger partial charge in [-0.05, 0) is 92.2 Å². The minimum absolute atomic E-state index is 0.122. The van der Waals surface area contributed by atoms with Crippen LogP contribution < -0.4 is 54.6 Å². The zero-order chi connectivity index (χ0) is 36.7.